The Morgan fingerprint density at radius 2 is 2.11 bits per heavy atom. The number of hydrogen-bond donors (Lipinski definition) is 1. The van der Waals surface area contributed by atoms with Crippen LogP contribution in [-0.4, -0.2) is 34.8 Å². The van der Waals surface area contributed by atoms with Gasteiger partial charge in [0, 0.05) is 6.04 Å². The number of thioether (sulfide) groups is 1. The number of amides is 1. The van der Waals surface area contributed by atoms with Crippen LogP contribution in [0.5, 0.6) is 0 Å². The first-order valence-electron chi connectivity index (χ1n) is 9.42. The molecular formula is C20H26N2O4S. The van der Waals surface area contributed by atoms with Gasteiger partial charge in [-0.3, -0.25) is 9.59 Å². The Labute approximate surface area is 163 Å². The van der Waals surface area contributed by atoms with Crippen LogP contribution in [0.25, 0.3) is 11.1 Å². The van der Waals surface area contributed by atoms with Crippen molar-refractivity contribution < 1.29 is 18.7 Å². The largest absolute Gasteiger partial charge is 0.452 e. The van der Waals surface area contributed by atoms with Crippen LogP contribution in [0.2, 0.25) is 0 Å². The van der Waals surface area contributed by atoms with Gasteiger partial charge in [0.15, 0.2) is 11.7 Å². The molecule has 146 valence electrons. The first-order chi connectivity index (χ1) is 12.9. The summed E-state index contributed by atoms with van der Waals surface area (Å²) in [6.45, 7) is 5.99. The third kappa shape index (κ3) is 5.03. The van der Waals surface area contributed by atoms with Crippen molar-refractivity contribution in [3.05, 3.63) is 24.3 Å². The van der Waals surface area contributed by atoms with E-state index in [0.717, 1.165) is 30.1 Å². The summed E-state index contributed by atoms with van der Waals surface area (Å²) in [6, 6.07) is 7.56. The zero-order valence-electron chi connectivity index (χ0n) is 15.9. The smallest absolute Gasteiger partial charge is 0.317 e. The van der Waals surface area contributed by atoms with Gasteiger partial charge < -0.3 is 14.5 Å². The molecule has 1 heterocycles. The molecule has 1 fully saturated rings. The van der Waals surface area contributed by atoms with E-state index in [1.807, 2.05) is 24.3 Å². The molecular weight excluding hydrogens is 364 g/mol. The summed E-state index contributed by atoms with van der Waals surface area (Å²) in [4.78, 5) is 28.7. The Kier molecular flexibility index (Phi) is 6.42. The van der Waals surface area contributed by atoms with E-state index in [0.29, 0.717) is 22.6 Å². The molecule has 3 rings (SSSR count). The zero-order chi connectivity index (χ0) is 19.4. The van der Waals surface area contributed by atoms with E-state index in [4.69, 9.17) is 9.15 Å². The van der Waals surface area contributed by atoms with Gasteiger partial charge in [-0.25, -0.2) is 4.98 Å². The maximum atomic E-state index is 12.4. The van der Waals surface area contributed by atoms with Crippen LogP contribution in [0.1, 0.15) is 40.0 Å². The number of benzene rings is 1. The summed E-state index contributed by atoms with van der Waals surface area (Å²) in [5, 5.41) is 3.45. The number of oxazole rings is 1. The number of hydrogen-bond acceptors (Lipinski definition) is 6. The number of nitrogens with zero attached hydrogens (tertiary/aromatic N) is 1. The molecule has 4 atom stereocenters. The Hall–Kier alpha value is -2.02. The lowest BCUT2D eigenvalue weighted by atomic mass is 9.78. The van der Waals surface area contributed by atoms with Crippen LogP contribution in [0.15, 0.2) is 33.9 Å². The average molecular weight is 391 g/mol. The molecule has 1 amide bonds. The minimum Gasteiger partial charge on any atom is -0.452 e. The first kappa shape index (κ1) is 19.7. The highest BCUT2D eigenvalue weighted by molar-refractivity contribution is 7.99. The van der Waals surface area contributed by atoms with Gasteiger partial charge in [0.1, 0.15) is 11.3 Å². The van der Waals surface area contributed by atoms with Crippen molar-refractivity contribution in [3.8, 4) is 0 Å². The maximum absolute atomic E-state index is 12.4. The summed E-state index contributed by atoms with van der Waals surface area (Å²) >= 11 is 1.16. The van der Waals surface area contributed by atoms with E-state index in [2.05, 4.69) is 24.1 Å². The number of fused-ring (bicyclic) bond motifs is 1. The van der Waals surface area contributed by atoms with Gasteiger partial charge in [-0.2, -0.15) is 0 Å². The van der Waals surface area contributed by atoms with Crippen LogP contribution in [0.3, 0.4) is 0 Å². The summed E-state index contributed by atoms with van der Waals surface area (Å²) in [7, 11) is 0. The van der Waals surface area contributed by atoms with Gasteiger partial charge in [-0.05, 0) is 37.3 Å². The third-order valence-corrected chi connectivity index (χ3v) is 6.10. The fourth-order valence-corrected chi connectivity index (χ4v) is 4.02. The number of ether oxygens (including phenoxy) is 1. The molecule has 0 saturated heterocycles. The SMILES string of the molecule is C[C@@H]1[C@H](C)CCC[C@H]1NC(=O)[C@@H](C)OC(=O)CSc1nc2ccccc2o1. The van der Waals surface area contributed by atoms with Crippen molar-refractivity contribution >= 4 is 34.7 Å². The number of carbonyl (C=O) groups is 2. The second kappa shape index (κ2) is 8.78. The zero-order valence-corrected chi connectivity index (χ0v) is 16.8. The molecule has 27 heavy (non-hydrogen) atoms. The molecule has 1 aliphatic carbocycles. The second-order valence-electron chi connectivity index (χ2n) is 7.25. The lowest BCUT2D eigenvalue weighted by Crippen LogP contribution is -2.47. The molecule has 7 heteroatoms. The Morgan fingerprint density at radius 3 is 2.89 bits per heavy atom. The highest BCUT2D eigenvalue weighted by Crippen LogP contribution is 2.29. The lowest BCUT2D eigenvalue weighted by Gasteiger charge is -2.35. The van der Waals surface area contributed by atoms with Crippen molar-refractivity contribution in [1.29, 1.82) is 0 Å². The molecule has 0 aliphatic heterocycles. The molecule has 0 unspecified atom stereocenters. The number of nitrogens with one attached hydrogen (secondary N) is 1. The fourth-order valence-electron chi connectivity index (χ4n) is 3.40. The predicted octanol–water partition coefficient (Wildman–Crippen LogP) is 3.79. The van der Waals surface area contributed by atoms with Crippen molar-refractivity contribution in [1.82, 2.24) is 10.3 Å². The molecule has 6 nitrogen and oxygen atoms in total. The Balaban J connectivity index is 1.46. The highest BCUT2D eigenvalue weighted by atomic mass is 32.2. The van der Waals surface area contributed by atoms with Crippen molar-refractivity contribution in [2.75, 3.05) is 5.75 Å². The van der Waals surface area contributed by atoms with Gasteiger partial charge in [-0.15, -0.1) is 0 Å². The van der Waals surface area contributed by atoms with Gasteiger partial charge >= 0.3 is 5.97 Å². The quantitative estimate of drug-likeness (QED) is 0.597. The fraction of sp³-hybridized carbons (Fsp3) is 0.550. The van der Waals surface area contributed by atoms with Gasteiger partial charge in [-0.1, -0.05) is 50.6 Å². The van der Waals surface area contributed by atoms with Crippen molar-refractivity contribution in [2.24, 2.45) is 11.8 Å². The normalized spacial score (nSPS) is 23.7. The molecule has 0 spiro atoms. The molecule has 1 aliphatic rings. The van der Waals surface area contributed by atoms with Crippen LogP contribution >= 0.6 is 11.8 Å². The van der Waals surface area contributed by atoms with E-state index in [1.54, 1.807) is 6.92 Å². The minimum atomic E-state index is -0.814. The standard InChI is InChI=1S/C20H26N2O4S/c1-12-7-6-9-15(13(12)2)21-19(24)14(3)25-18(23)11-27-20-22-16-8-4-5-10-17(16)26-20/h4-5,8,10,12-15H,6-7,9,11H2,1-3H3,(H,21,24)/t12-,13-,14-,15-/m1/s1. The first-order valence-corrected chi connectivity index (χ1v) is 10.4. The molecule has 1 aromatic carbocycles. The maximum Gasteiger partial charge on any atom is 0.317 e. The topological polar surface area (TPSA) is 81.4 Å². The summed E-state index contributed by atoms with van der Waals surface area (Å²) in [6.07, 6.45) is 2.48. The summed E-state index contributed by atoms with van der Waals surface area (Å²) in [5.41, 5.74) is 1.42. The molecule has 0 bridgehead atoms. The summed E-state index contributed by atoms with van der Waals surface area (Å²) in [5.74, 6) is 0.368. The summed E-state index contributed by atoms with van der Waals surface area (Å²) < 4.78 is 10.8. The number of aromatic nitrogens is 1. The Morgan fingerprint density at radius 1 is 1.33 bits per heavy atom. The van der Waals surface area contributed by atoms with Crippen LogP contribution in [0, 0.1) is 11.8 Å². The lowest BCUT2D eigenvalue weighted by molar-refractivity contribution is -0.152. The average Bonchev–Trinajstić information content (AvgIpc) is 3.06. The molecule has 1 saturated carbocycles. The molecule has 1 aromatic heterocycles. The molecule has 1 N–H and O–H groups in total. The van der Waals surface area contributed by atoms with Crippen LogP contribution < -0.4 is 5.32 Å². The molecule has 2 aromatic rings. The minimum absolute atomic E-state index is 0.0430. The number of rotatable bonds is 6. The highest BCUT2D eigenvalue weighted by Gasteiger charge is 2.30. The number of para-hydroxylation sites is 2. The van der Waals surface area contributed by atoms with E-state index in [1.165, 1.54) is 6.42 Å². The third-order valence-electron chi connectivity index (χ3n) is 5.30. The van der Waals surface area contributed by atoms with Gasteiger partial charge in [0.25, 0.3) is 11.1 Å². The van der Waals surface area contributed by atoms with Gasteiger partial charge in [0.2, 0.25) is 0 Å². The predicted molar refractivity (Wildman–Crippen MR) is 104 cm³/mol. The number of carbonyl (C=O) groups excluding carboxylic acids is 2. The van der Waals surface area contributed by atoms with E-state index < -0.39 is 12.1 Å². The molecule has 0 radical (unpaired) electrons. The van der Waals surface area contributed by atoms with E-state index >= 15 is 0 Å². The number of esters is 1. The van der Waals surface area contributed by atoms with Crippen molar-refractivity contribution in [3.63, 3.8) is 0 Å². The van der Waals surface area contributed by atoms with Gasteiger partial charge in [0.05, 0.1) is 0 Å². The van der Waals surface area contributed by atoms with Crippen LogP contribution in [0.4, 0.5) is 0 Å². The second-order valence-corrected chi connectivity index (χ2v) is 8.18. The van der Waals surface area contributed by atoms with Crippen molar-refractivity contribution in [2.45, 2.75) is 57.4 Å². The monoisotopic (exact) mass is 390 g/mol. The van der Waals surface area contributed by atoms with Crippen LogP contribution in [-0.2, 0) is 14.3 Å². The van der Waals surface area contributed by atoms with E-state index in [9.17, 15) is 9.59 Å². The Bertz CT molecular complexity index is 773. The van der Waals surface area contributed by atoms with E-state index in [-0.39, 0.29) is 17.7 Å².